The highest BCUT2D eigenvalue weighted by Crippen LogP contribution is 2.07. The Bertz CT molecular complexity index is 525. The third-order valence-corrected chi connectivity index (χ3v) is 2.15. The zero-order chi connectivity index (χ0) is 11.7. The van der Waals surface area contributed by atoms with E-state index in [4.69, 9.17) is 11.1 Å². The van der Waals surface area contributed by atoms with Gasteiger partial charge in [0.25, 0.3) is 0 Å². The fraction of sp³-hybridized carbons (Fsp3) is 0.200. The van der Waals surface area contributed by atoms with Gasteiger partial charge in [-0.05, 0) is 26.0 Å². The van der Waals surface area contributed by atoms with E-state index in [0.717, 1.165) is 5.82 Å². The first kappa shape index (κ1) is 10.3. The minimum atomic E-state index is 0.00513. The van der Waals surface area contributed by atoms with Gasteiger partial charge >= 0.3 is 0 Å². The van der Waals surface area contributed by atoms with Crippen molar-refractivity contribution in [1.82, 2.24) is 19.7 Å². The van der Waals surface area contributed by atoms with Crippen LogP contribution in [-0.4, -0.2) is 25.6 Å². The third-order valence-electron chi connectivity index (χ3n) is 2.15. The Morgan fingerprint density at radius 2 is 2.12 bits per heavy atom. The Labute approximate surface area is 92.7 Å². The number of nitrogen functional groups attached to an aromatic ring is 1. The second-order valence-electron chi connectivity index (χ2n) is 3.44. The van der Waals surface area contributed by atoms with E-state index in [-0.39, 0.29) is 5.84 Å². The molecule has 0 aliphatic carbocycles. The highest BCUT2D eigenvalue weighted by molar-refractivity contribution is 5.94. The highest BCUT2D eigenvalue weighted by atomic mass is 15.4. The molecule has 3 N–H and O–H groups in total. The van der Waals surface area contributed by atoms with Crippen molar-refractivity contribution in [2.45, 2.75) is 13.8 Å². The molecule has 0 atom stereocenters. The number of pyridine rings is 1. The van der Waals surface area contributed by atoms with Gasteiger partial charge in [0.15, 0.2) is 5.82 Å². The zero-order valence-electron chi connectivity index (χ0n) is 9.10. The molecular weight excluding hydrogens is 204 g/mol. The van der Waals surface area contributed by atoms with Crippen molar-refractivity contribution in [3.05, 3.63) is 35.5 Å². The van der Waals surface area contributed by atoms with E-state index >= 15 is 0 Å². The maximum Gasteiger partial charge on any atom is 0.155 e. The van der Waals surface area contributed by atoms with Crippen LogP contribution in [0.4, 0.5) is 0 Å². The molecule has 0 aliphatic heterocycles. The second kappa shape index (κ2) is 3.73. The Morgan fingerprint density at radius 3 is 2.56 bits per heavy atom. The summed E-state index contributed by atoms with van der Waals surface area (Å²) in [5.74, 6) is 2.16. The largest absolute Gasteiger partial charge is 0.384 e. The highest BCUT2D eigenvalue weighted by Gasteiger charge is 2.06. The maximum atomic E-state index is 7.26. The van der Waals surface area contributed by atoms with Crippen LogP contribution in [0.1, 0.15) is 17.2 Å². The average Bonchev–Trinajstić information content (AvgIpc) is 2.58. The summed E-state index contributed by atoms with van der Waals surface area (Å²) in [5.41, 5.74) is 5.94. The second-order valence-corrected chi connectivity index (χ2v) is 3.44. The predicted octanol–water partition coefficient (Wildman–Crippen LogP) is 0.563. The number of nitrogens with two attached hydrogens (primary N) is 1. The molecular formula is C10H12N6. The molecule has 0 amide bonds. The molecule has 2 aromatic heterocycles. The van der Waals surface area contributed by atoms with Gasteiger partial charge in [-0.15, -0.1) is 5.10 Å². The van der Waals surface area contributed by atoms with Gasteiger partial charge in [0.05, 0.1) is 0 Å². The topological polar surface area (TPSA) is 93.5 Å². The lowest BCUT2D eigenvalue weighted by Crippen LogP contribution is -2.12. The number of aromatic nitrogens is 4. The molecule has 0 radical (unpaired) electrons. The van der Waals surface area contributed by atoms with Gasteiger partial charge in [0.1, 0.15) is 17.5 Å². The molecule has 82 valence electrons. The van der Waals surface area contributed by atoms with Gasteiger partial charge in [-0.1, -0.05) is 0 Å². The molecule has 0 spiro atoms. The number of amidine groups is 1. The molecule has 0 fully saturated rings. The smallest absolute Gasteiger partial charge is 0.155 e. The number of nitrogens with one attached hydrogen (secondary N) is 1. The molecule has 16 heavy (non-hydrogen) atoms. The van der Waals surface area contributed by atoms with Crippen LogP contribution >= 0.6 is 0 Å². The van der Waals surface area contributed by atoms with Crippen molar-refractivity contribution in [3.8, 4) is 5.82 Å². The molecule has 0 aromatic carbocycles. The Hall–Kier alpha value is -2.24. The van der Waals surface area contributed by atoms with Crippen LogP contribution in [0.3, 0.4) is 0 Å². The third kappa shape index (κ3) is 1.77. The van der Waals surface area contributed by atoms with Crippen molar-refractivity contribution >= 4 is 5.84 Å². The molecule has 0 saturated heterocycles. The van der Waals surface area contributed by atoms with Crippen LogP contribution in [0.2, 0.25) is 0 Å². The van der Waals surface area contributed by atoms with Gasteiger partial charge in [-0.3, -0.25) is 5.41 Å². The average molecular weight is 216 g/mol. The molecule has 0 aliphatic rings. The number of hydrogen-bond donors (Lipinski definition) is 2. The minimum absolute atomic E-state index is 0.00513. The number of hydrogen-bond acceptors (Lipinski definition) is 4. The Morgan fingerprint density at radius 1 is 1.38 bits per heavy atom. The standard InChI is InChI=1S/C10H12N6/c1-6-14-7(2)16(15-6)9-4-3-8(5-13-9)10(11)12/h3-5H,1-2H3,(H3,11,12). The summed E-state index contributed by atoms with van der Waals surface area (Å²) in [4.78, 5) is 8.37. The fourth-order valence-corrected chi connectivity index (χ4v) is 1.41. The summed E-state index contributed by atoms with van der Waals surface area (Å²) < 4.78 is 1.65. The summed E-state index contributed by atoms with van der Waals surface area (Å²) in [7, 11) is 0. The van der Waals surface area contributed by atoms with E-state index in [9.17, 15) is 0 Å². The number of aryl methyl sites for hydroxylation is 2. The van der Waals surface area contributed by atoms with E-state index in [2.05, 4.69) is 15.1 Å². The van der Waals surface area contributed by atoms with Crippen molar-refractivity contribution in [1.29, 1.82) is 5.41 Å². The zero-order valence-corrected chi connectivity index (χ0v) is 9.10. The lowest BCUT2D eigenvalue weighted by molar-refractivity contribution is 0.803. The number of rotatable bonds is 2. The van der Waals surface area contributed by atoms with Crippen LogP contribution < -0.4 is 5.73 Å². The quantitative estimate of drug-likeness (QED) is 0.566. The summed E-state index contributed by atoms with van der Waals surface area (Å²) >= 11 is 0. The van der Waals surface area contributed by atoms with Gasteiger partial charge < -0.3 is 5.73 Å². The first-order valence-corrected chi connectivity index (χ1v) is 4.79. The summed E-state index contributed by atoms with van der Waals surface area (Å²) in [5, 5.41) is 11.5. The summed E-state index contributed by atoms with van der Waals surface area (Å²) in [6, 6.07) is 3.50. The fourth-order valence-electron chi connectivity index (χ4n) is 1.41. The van der Waals surface area contributed by atoms with Crippen molar-refractivity contribution in [2.75, 3.05) is 0 Å². The van der Waals surface area contributed by atoms with Gasteiger partial charge in [0, 0.05) is 11.8 Å². The molecule has 6 heteroatoms. The lowest BCUT2D eigenvalue weighted by Gasteiger charge is -2.02. The van der Waals surface area contributed by atoms with Crippen molar-refractivity contribution in [2.24, 2.45) is 5.73 Å². The van der Waals surface area contributed by atoms with E-state index in [1.165, 1.54) is 0 Å². The molecule has 2 heterocycles. The van der Waals surface area contributed by atoms with E-state index in [1.54, 1.807) is 23.0 Å². The van der Waals surface area contributed by atoms with Gasteiger partial charge in [0.2, 0.25) is 0 Å². The van der Waals surface area contributed by atoms with Crippen molar-refractivity contribution < 1.29 is 0 Å². The SMILES string of the molecule is Cc1nc(C)n(-c2ccc(C(=N)N)cn2)n1. The normalized spacial score (nSPS) is 10.4. The summed E-state index contributed by atoms with van der Waals surface area (Å²) in [6.45, 7) is 3.69. The first-order valence-electron chi connectivity index (χ1n) is 4.79. The molecule has 0 bridgehead atoms. The van der Waals surface area contributed by atoms with Crippen LogP contribution in [0.15, 0.2) is 18.3 Å². The van der Waals surface area contributed by atoms with E-state index in [1.807, 2.05) is 13.8 Å². The maximum absolute atomic E-state index is 7.26. The van der Waals surface area contributed by atoms with Crippen LogP contribution in [0.5, 0.6) is 0 Å². The van der Waals surface area contributed by atoms with E-state index in [0.29, 0.717) is 17.2 Å². The van der Waals surface area contributed by atoms with Crippen molar-refractivity contribution in [3.63, 3.8) is 0 Å². The molecule has 2 rings (SSSR count). The lowest BCUT2D eigenvalue weighted by atomic mass is 10.2. The number of nitrogens with zero attached hydrogens (tertiary/aromatic N) is 4. The van der Waals surface area contributed by atoms with Gasteiger partial charge in [-0.25, -0.2) is 9.97 Å². The predicted molar refractivity (Wildman–Crippen MR) is 59.6 cm³/mol. The Balaban J connectivity index is 2.42. The Kier molecular flexibility index (Phi) is 2.40. The minimum Gasteiger partial charge on any atom is -0.384 e. The molecule has 2 aromatic rings. The summed E-state index contributed by atoms with van der Waals surface area (Å²) in [6.07, 6.45) is 1.55. The molecule has 0 unspecified atom stereocenters. The van der Waals surface area contributed by atoms with Crippen LogP contribution in [-0.2, 0) is 0 Å². The molecule has 0 saturated carbocycles. The molecule has 6 nitrogen and oxygen atoms in total. The first-order chi connectivity index (χ1) is 7.58. The van der Waals surface area contributed by atoms with E-state index < -0.39 is 0 Å². The van der Waals surface area contributed by atoms with Crippen LogP contribution in [0.25, 0.3) is 5.82 Å². The van der Waals surface area contributed by atoms with Crippen LogP contribution in [0, 0.1) is 19.3 Å². The van der Waals surface area contributed by atoms with Gasteiger partial charge in [-0.2, -0.15) is 4.68 Å². The monoisotopic (exact) mass is 216 g/mol.